The number of carbonyl (C=O) groups excluding carboxylic acids is 2. The zero-order valence-corrected chi connectivity index (χ0v) is 21.4. The summed E-state index contributed by atoms with van der Waals surface area (Å²) in [6.45, 7) is 6.88. The molecule has 0 spiro atoms. The number of benzene rings is 1. The zero-order valence-electron chi connectivity index (χ0n) is 21.4. The van der Waals surface area contributed by atoms with Gasteiger partial charge in [-0.25, -0.2) is 9.78 Å². The first-order valence-corrected chi connectivity index (χ1v) is 12.1. The average Bonchev–Trinajstić information content (AvgIpc) is 3.26. The van der Waals surface area contributed by atoms with Gasteiger partial charge in [-0.1, -0.05) is 6.07 Å². The van der Waals surface area contributed by atoms with Crippen LogP contribution >= 0.6 is 0 Å². The Morgan fingerprint density at radius 1 is 1.03 bits per heavy atom. The van der Waals surface area contributed by atoms with Crippen LogP contribution in [0.3, 0.4) is 0 Å². The molecule has 12 heteroatoms. The summed E-state index contributed by atoms with van der Waals surface area (Å²) < 4.78 is 52.7. The SMILES string of the molecule is CC(C)(C)OC(=O)N1CCN(C(=O)Cn2ccc3c(Oc4cc(CN)cc(C(F)(F)F)n4)cccc32)CC1. The van der Waals surface area contributed by atoms with Crippen LogP contribution in [0.15, 0.2) is 42.6 Å². The Morgan fingerprint density at radius 2 is 1.71 bits per heavy atom. The number of carbonyl (C=O) groups is 2. The van der Waals surface area contributed by atoms with Crippen LogP contribution in [0.1, 0.15) is 32.0 Å². The van der Waals surface area contributed by atoms with E-state index in [1.807, 2.05) is 0 Å². The molecule has 9 nitrogen and oxygen atoms in total. The van der Waals surface area contributed by atoms with Crippen molar-refractivity contribution >= 4 is 22.9 Å². The van der Waals surface area contributed by atoms with E-state index in [-0.39, 0.29) is 30.4 Å². The Balaban J connectivity index is 1.46. The maximum absolute atomic E-state index is 13.3. The van der Waals surface area contributed by atoms with Crippen molar-refractivity contribution in [1.82, 2.24) is 19.4 Å². The minimum Gasteiger partial charge on any atom is -0.444 e. The molecule has 1 aliphatic rings. The van der Waals surface area contributed by atoms with E-state index in [2.05, 4.69) is 4.98 Å². The second-order valence-corrected chi connectivity index (χ2v) is 9.98. The molecule has 4 rings (SSSR count). The Bertz CT molecular complexity index is 1320. The summed E-state index contributed by atoms with van der Waals surface area (Å²) in [6.07, 6.45) is -3.32. The first kappa shape index (κ1) is 27.2. The van der Waals surface area contributed by atoms with E-state index in [1.165, 1.54) is 6.07 Å². The molecule has 0 aliphatic carbocycles. The third-order valence-electron chi connectivity index (χ3n) is 5.97. The van der Waals surface area contributed by atoms with Gasteiger partial charge in [-0.05, 0) is 50.6 Å². The third kappa shape index (κ3) is 6.36. The molecule has 204 valence electrons. The van der Waals surface area contributed by atoms with E-state index in [4.69, 9.17) is 15.2 Å². The Hall–Kier alpha value is -3.80. The molecule has 38 heavy (non-hydrogen) atoms. The first-order valence-electron chi connectivity index (χ1n) is 12.1. The standard InChI is InChI=1S/C26H30F3N5O4/c1-25(2,3)38-24(36)33-11-9-32(10-12-33)23(35)16-34-8-7-18-19(34)5-4-6-20(18)37-22-14-17(15-30)13-21(31-22)26(27,28)29/h4-8,13-14H,9-12,15-16,30H2,1-3H3. The number of rotatable bonds is 5. The van der Waals surface area contributed by atoms with E-state index >= 15 is 0 Å². The van der Waals surface area contributed by atoms with Crippen LogP contribution in [0.5, 0.6) is 11.6 Å². The summed E-state index contributed by atoms with van der Waals surface area (Å²) in [6, 6.07) is 9.09. The number of hydrogen-bond donors (Lipinski definition) is 1. The Kier molecular flexibility index (Phi) is 7.54. The fourth-order valence-corrected chi connectivity index (χ4v) is 4.12. The fourth-order valence-electron chi connectivity index (χ4n) is 4.12. The van der Waals surface area contributed by atoms with Gasteiger partial charge in [0.2, 0.25) is 11.8 Å². The molecule has 1 aromatic carbocycles. The van der Waals surface area contributed by atoms with Crippen LogP contribution < -0.4 is 10.5 Å². The number of halogens is 3. The fraction of sp³-hybridized carbons (Fsp3) is 0.423. The van der Waals surface area contributed by atoms with Gasteiger partial charge in [-0.3, -0.25) is 4.79 Å². The van der Waals surface area contributed by atoms with Crippen molar-refractivity contribution in [3.05, 3.63) is 53.9 Å². The van der Waals surface area contributed by atoms with E-state index < -0.39 is 23.6 Å². The van der Waals surface area contributed by atoms with E-state index in [0.29, 0.717) is 42.8 Å². The van der Waals surface area contributed by atoms with Gasteiger partial charge < -0.3 is 29.6 Å². The monoisotopic (exact) mass is 533 g/mol. The van der Waals surface area contributed by atoms with E-state index in [1.54, 1.807) is 65.6 Å². The maximum Gasteiger partial charge on any atom is 0.433 e. The highest BCUT2D eigenvalue weighted by Gasteiger charge is 2.33. The number of alkyl halides is 3. The summed E-state index contributed by atoms with van der Waals surface area (Å²) in [5, 5.41) is 0.614. The molecule has 3 aromatic rings. The summed E-state index contributed by atoms with van der Waals surface area (Å²) in [7, 11) is 0. The summed E-state index contributed by atoms with van der Waals surface area (Å²) in [5.41, 5.74) is 4.80. The van der Waals surface area contributed by atoms with Gasteiger partial charge >= 0.3 is 12.3 Å². The first-order chi connectivity index (χ1) is 17.8. The number of hydrogen-bond acceptors (Lipinski definition) is 6. The topological polar surface area (TPSA) is 103 Å². The van der Waals surface area contributed by atoms with Crippen LogP contribution in [-0.2, 0) is 28.8 Å². The molecule has 1 saturated heterocycles. The second-order valence-electron chi connectivity index (χ2n) is 9.98. The number of aromatic nitrogens is 2. The average molecular weight is 534 g/mol. The Morgan fingerprint density at radius 3 is 2.34 bits per heavy atom. The Labute approximate surface area is 217 Å². The van der Waals surface area contributed by atoms with Crippen molar-refractivity contribution in [2.24, 2.45) is 5.73 Å². The molecule has 0 atom stereocenters. The lowest BCUT2D eigenvalue weighted by atomic mass is 10.2. The number of amides is 2. The van der Waals surface area contributed by atoms with Gasteiger partial charge in [0.1, 0.15) is 23.6 Å². The third-order valence-corrected chi connectivity index (χ3v) is 5.97. The molecule has 1 fully saturated rings. The van der Waals surface area contributed by atoms with Crippen LogP contribution in [0.4, 0.5) is 18.0 Å². The minimum absolute atomic E-state index is 0.0541. The van der Waals surface area contributed by atoms with Crippen LogP contribution in [-0.4, -0.2) is 63.1 Å². The number of piperazine rings is 1. The number of fused-ring (bicyclic) bond motifs is 1. The summed E-state index contributed by atoms with van der Waals surface area (Å²) in [4.78, 5) is 32.2. The maximum atomic E-state index is 13.3. The molecule has 0 saturated carbocycles. The highest BCUT2D eigenvalue weighted by molar-refractivity contribution is 5.88. The molecule has 1 aliphatic heterocycles. The molecular formula is C26H30F3N5O4. The molecule has 0 radical (unpaired) electrons. The van der Waals surface area contributed by atoms with Gasteiger partial charge in [0.05, 0.1) is 5.52 Å². The van der Waals surface area contributed by atoms with Gasteiger partial charge in [0.25, 0.3) is 0 Å². The minimum atomic E-state index is -4.64. The number of nitrogens with two attached hydrogens (primary N) is 1. The smallest absolute Gasteiger partial charge is 0.433 e. The van der Waals surface area contributed by atoms with Crippen molar-refractivity contribution in [3.63, 3.8) is 0 Å². The normalized spacial score (nSPS) is 14.6. The molecule has 3 heterocycles. The molecular weight excluding hydrogens is 503 g/mol. The van der Waals surface area contributed by atoms with Crippen LogP contribution in [0, 0.1) is 0 Å². The van der Waals surface area contributed by atoms with Gasteiger partial charge in [-0.2, -0.15) is 13.2 Å². The molecule has 2 amide bonds. The predicted octanol–water partition coefficient (Wildman–Crippen LogP) is 4.39. The van der Waals surface area contributed by atoms with Gasteiger partial charge in [0.15, 0.2) is 0 Å². The molecule has 2 aromatic heterocycles. The zero-order chi connectivity index (χ0) is 27.7. The number of nitrogens with zero attached hydrogens (tertiary/aromatic N) is 4. The highest BCUT2D eigenvalue weighted by Crippen LogP contribution is 2.34. The van der Waals surface area contributed by atoms with E-state index in [9.17, 15) is 22.8 Å². The summed E-state index contributed by atoms with van der Waals surface area (Å²) >= 11 is 0. The van der Waals surface area contributed by atoms with E-state index in [0.717, 1.165) is 6.07 Å². The largest absolute Gasteiger partial charge is 0.444 e. The van der Waals surface area contributed by atoms with Crippen LogP contribution in [0.25, 0.3) is 10.9 Å². The van der Waals surface area contributed by atoms with Crippen molar-refractivity contribution in [3.8, 4) is 11.6 Å². The summed E-state index contributed by atoms with van der Waals surface area (Å²) in [5.74, 6) is -0.0428. The highest BCUT2D eigenvalue weighted by atomic mass is 19.4. The van der Waals surface area contributed by atoms with Crippen molar-refractivity contribution in [2.45, 2.75) is 45.6 Å². The lowest BCUT2D eigenvalue weighted by molar-refractivity contribution is -0.141. The number of ether oxygens (including phenoxy) is 2. The van der Waals surface area contributed by atoms with Crippen molar-refractivity contribution in [2.75, 3.05) is 26.2 Å². The predicted molar refractivity (Wildman–Crippen MR) is 134 cm³/mol. The van der Waals surface area contributed by atoms with Crippen molar-refractivity contribution < 1.29 is 32.2 Å². The molecule has 0 unspecified atom stereocenters. The molecule has 2 N–H and O–H groups in total. The number of pyridine rings is 1. The molecule has 0 bridgehead atoms. The second kappa shape index (κ2) is 10.5. The lowest BCUT2D eigenvalue weighted by Crippen LogP contribution is -2.52. The van der Waals surface area contributed by atoms with Crippen LogP contribution in [0.2, 0.25) is 0 Å². The van der Waals surface area contributed by atoms with Crippen molar-refractivity contribution in [1.29, 1.82) is 0 Å². The lowest BCUT2D eigenvalue weighted by Gasteiger charge is -2.35. The van der Waals surface area contributed by atoms with Gasteiger partial charge in [-0.15, -0.1) is 0 Å². The van der Waals surface area contributed by atoms with Gasteiger partial charge in [0, 0.05) is 50.4 Å². The quantitative estimate of drug-likeness (QED) is 0.522.